The molecule has 0 saturated carbocycles. The standard InChI is InChI=1S/C12H8ClN3S/c13-11-9-3-1-2-4-10(9)12(16-15-11)14-8-5-6-17-7-8/h1-7H,(H,14,16). The van der Waals surface area contributed by atoms with Crippen LogP contribution in [0.2, 0.25) is 5.15 Å². The van der Waals surface area contributed by atoms with E-state index in [0.29, 0.717) is 5.15 Å². The highest BCUT2D eigenvalue weighted by Crippen LogP contribution is 2.28. The average molecular weight is 262 g/mol. The van der Waals surface area contributed by atoms with Crippen molar-refractivity contribution in [3.63, 3.8) is 0 Å². The Hall–Kier alpha value is -1.65. The van der Waals surface area contributed by atoms with Crippen LogP contribution in [0, 0.1) is 0 Å². The Balaban J connectivity index is 2.14. The molecule has 84 valence electrons. The molecular weight excluding hydrogens is 254 g/mol. The van der Waals surface area contributed by atoms with E-state index < -0.39 is 0 Å². The SMILES string of the molecule is Clc1nnc(Nc2ccsc2)c2ccccc12. The number of thiophene rings is 1. The molecule has 17 heavy (non-hydrogen) atoms. The molecule has 1 N–H and O–H groups in total. The molecule has 2 aromatic heterocycles. The maximum Gasteiger partial charge on any atom is 0.161 e. The second kappa shape index (κ2) is 4.31. The van der Waals surface area contributed by atoms with Gasteiger partial charge in [0.15, 0.2) is 11.0 Å². The first-order chi connectivity index (χ1) is 8.34. The summed E-state index contributed by atoms with van der Waals surface area (Å²) in [6.45, 7) is 0. The minimum atomic E-state index is 0.427. The summed E-state index contributed by atoms with van der Waals surface area (Å²) >= 11 is 7.64. The van der Waals surface area contributed by atoms with Crippen molar-refractivity contribution in [2.24, 2.45) is 0 Å². The first-order valence-electron chi connectivity index (χ1n) is 5.05. The third-order valence-electron chi connectivity index (χ3n) is 2.43. The monoisotopic (exact) mass is 261 g/mol. The molecule has 0 atom stereocenters. The van der Waals surface area contributed by atoms with Crippen LogP contribution < -0.4 is 5.32 Å². The minimum absolute atomic E-state index is 0.427. The van der Waals surface area contributed by atoms with E-state index in [1.807, 2.05) is 41.1 Å². The molecule has 0 aliphatic rings. The number of halogens is 1. The van der Waals surface area contributed by atoms with E-state index in [4.69, 9.17) is 11.6 Å². The molecule has 0 fully saturated rings. The van der Waals surface area contributed by atoms with Crippen molar-refractivity contribution in [3.8, 4) is 0 Å². The van der Waals surface area contributed by atoms with Gasteiger partial charge in [-0.25, -0.2) is 0 Å². The topological polar surface area (TPSA) is 37.8 Å². The van der Waals surface area contributed by atoms with Gasteiger partial charge in [-0.15, -0.1) is 10.2 Å². The molecule has 0 aliphatic carbocycles. The summed E-state index contributed by atoms with van der Waals surface area (Å²) in [4.78, 5) is 0. The summed E-state index contributed by atoms with van der Waals surface area (Å²) in [5.41, 5.74) is 1.01. The maximum atomic E-state index is 6.01. The van der Waals surface area contributed by atoms with Gasteiger partial charge in [0.25, 0.3) is 0 Å². The van der Waals surface area contributed by atoms with Crippen LogP contribution in [0.4, 0.5) is 11.5 Å². The molecule has 3 rings (SSSR count). The number of hydrogen-bond acceptors (Lipinski definition) is 4. The third kappa shape index (κ3) is 1.97. The van der Waals surface area contributed by atoms with Crippen molar-refractivity contribution < 1.29 is 0 Å². The lowest BCUT2D eigenvalue weighted by Gasteiger charge is -2.06. The molecule has 3 nitrogen and oxygen atoms in total. The fourth-order valence-corrected chi connectivity index (χ4v) is 2.43. The predicted molar refractivity (Wildman–Crippen MR) is 72.1 cm³/mol. The Labute approximate surface area is 107 Å². The number of nitrogens with one attached hydrogen (secondary N) is 1. The zero-order valence-corrected chi connectivity index (χ0v) is 10.3. The second-order valence-corrected chi connectivity index (χ2v) is 4.66. The Morgan fingerprint density at radius 1 is 1.06 bits per heavy atom. The molecule has 0 unspecified atom stereocenters. The van der Waals surface area contributed by atoms with E-state index >= 15 is 0 Å². The Bertz CT molecular complexity index is 652. The van der Waals surface area contributed by atoms with Crippen molar-refractivity contribution in [1.29, 1.82) is 0 Å². The lowest BCUT2D eigenvalue weighted by molar-refractivity contribution is 1.06. The van der Waals surface area contributed by atoms with Crippen molar-refractivity contribution >= 4 is 45.2 Å². The van der Waals surface area contributed by atoms with Gasteiger partial charge in [-0.2, -0.15) is 11.3 Å². The van der Waals surface area contributed by atoms with Crippen LogP contribution in [-0.4, -0.2) is 10.2 Å². The lowest BCUT2D eigenvalue weighted by Crippen LogP contribution is -1.96. The third-order valence-corrected chi connectivity index (χ3v) is 3.39. The van der Waals surface area contributed by atoms with Crippen LogP contribution in [0.15, 0.2) is 41.1 Å². The highest BCUT2D eigenvalue weighted by atomic mass is 35.5. The summed E-state index contributed by atoms with van der Waals surface area (Å²) in [7, 11) is 0. The number of anilines is 2. The van der Waals surface area contributed by atoms with Gasteiger partial charge in [-0.1, -0.05) is 35.9 Å². The molecular formula is C12H8ClN3S. The molecule has 0 saturated heterocycles. The summed E-state index contributed by atoms with van der Waals surface area (Å²) in [6.07, 6.45) is 0. The molecule has 3 aromatic rings. The summed E-state index contributed by atoms with van der Waals surface area (Å²) < 4.78 is 0. The molecule has 0 bridgehead atoms. The number of fused-ring (bicyclic) bond motifs is 1. The quantitative estimate of drug-likeness (QED) is 0.755. The van der Waals surface area contributed by atoms with Crippen molar-refractivity contribution in [2.45, 2.75) is 0 Å². The van der Waals surface area contributed by atoms with Crippen LogP contribution in [0.3, 0.4) is 0 Å². The summed E-state index contributed by atoms with van der Waals surface area (Å²) in [5, 5.41) is 17.6. The van der Waals surface area contributed by atoms with Crippen LogP contribution in [0.5, 0.6) is 0 Å². The van der Waals surface area contributed by atoms with Gasteiger partial charge in [0, 0.05) is 16.2 Å². The summed E-state index contributed by atoms with van der Waals surface area (Å²) in [5.74, 6) is 0.725. The second-order valence-electron chi connectivity index (χ2n) is 3.52. The van der Waals surface area contributed by atoms with E-state index in [-0.39, 0.29) is 0 Å². The highest BCUT2D eigenvalue weighted by Gasteiger charge is 2.07. The molecule has 0 amide bonds. The van der Waals surface area contributed by atoms with Gasteiger partial charge in [0.05, 0.1) is 5.69 Å². The zero-order valence-electron chi connectivity index (χ0n) is 8.72. The van der Waals surface area contributed by atoms with Gasteiger partial charge in [0.2, 0.25) is 0 Å². The normalized spacial score (nSPS) is 10.6. The fourth-order valence-electron chi connectivity index (χ4n) is 1.64. The van der Waals surface area contributed by atoms with Gasteiger partial charge < -0.3 is 5.32 Å². The Morgan fingerprint density at radius 2 is 1.88 bits per heavy atom. The predicted octanol–water partition coefficient (Wildman–Crippen LogP) is 4.09. The van der Waals surface area contributed by atoms with Gasteiger partial charge >= 0.3 is 0 Å². The van der Waals surface area contributed by atoms with E-state index in [2.05, 4.69) is 15.5 Å². The zero-order chi connectivity index (χ0) is 11.7. The molecule has 2 heterocycles. The Morgan fingerprint density at radius 3 is 2.65 bits per heavy atom. The number of benzene rings is 1. The maximum absolute atomic E-state index is 6.01. The molecule has 5 heteroatoms. The minimum Gasteiger partial charge on any atom is -0.338 e. The van der Waals surface area contributed by atoms with Crippen LogP contribution in [0.25, 0.3) is 10.8 Å². The van der Waals surface area contributed by atoms with Crippen LogP contribution in [-0.2, 0) is 0 Å². The molecule has 1 aromatic carbocycles. The van der Waals surface area contributed by atoms with Gasteiger partial charge in [-0.05, 0) is 11.4 Å². The smallest absolute Gasteiger partial charge is 0.161 e. The van der Waals surface area contributed by atoms with Gasteiger partial charge in [-0.3, -0.25) is 0 Å². The fraction of sp³-hybridized carbons (Fsp3) is 0. The van der Waals surface area contributed by atoms with Crippen molar-refractivity contribution in [3.05, 3.63) is 46.2 Å². The largest absolute Gasteiger partial charge is 0.338 e. The lowest BCUT2D eigenvalue weighted by atomic mass is 10.2. The van der Waals surface area contributed by atoms with Crippen molar-refractivity contribution in [1.82, 2.24) is 10.2 Å². The molecule has 0 radical (unpaired) electrons. The van der Waals surface area contributed by atoms with Gasteiger partial charge in [0.1, 0.15) is 0 Å². The number of rotatable bonds is 2. The first-order valence-corrected chi connectivity index (χ1v) is 6.37. The van der Waals surface area contributed by atoms with Crippen molar-refractivity contribution in [2.75, 3.05) is 5.32 Å². The van der Waals surface area contributed by atoms with E-state index in [9.17, 15) is 0 Å². The van der Waals surface area contributed by atoms with Crippen LogP contribution >= 0.6 is 22.9 Å². The average Bonchev–Trinajstić information content (AvgIpc) is 2.86. The number of hydrogen-bond donors (Lipinski definition) is 1. The molecule has 0 spiro atoms. The highest BCUT2D eigenvalue weighted by molar-refractivity contribution is 7.08. The number of aromatic nitrogens is 2. The first kappa shape index (κ1) is 10.5. The van der Waals surface area contributed by atoms with Crippen LogP contribution in [0.1, 0.15) is 0 Å². The van der Waals surface area contributed by atoms with E-state index in [0.717, 1.165) is 22.3 Å². The Kier molecular flexibility index (Phi) is 2.66. The van der Waals surface area contributed by atoms with E-state index in [1.54, 1.807) is 11.3 Å². The van der Waals surface area contributed by atoms with E-state index in [1.165, 1.54) is 0 Å². The number of nitrogens with zero attached hydrogens (tertiary/aromatic N) is 2. The molecule has 0 aliphatic heterocycles. The summed E-state index contributed by atoms with van der Waals surface area (Å²) in [6, 6.07) is 9.80.